The quantitative estimate of drug-likeness (QED) is 0.658. The normalized spacial score (nSPS) is 12.7. The maximum Gasteiger partial charge on any atom is 0.120 e. The molecule has 0 saturated heterocycles. The summed E-state index contributed by atoms with van der Waals surface area (Å²) in [7, 11) is 0. The lowest BCUT2D eigenvalue weighted by Gasteiger charge is -2.20. The van der Waals surface area contributed by atoms with Crippen molar-refractivity contribution in [2.45, 2.75) is 52.7 Å². The lowest BCUT2D eigenvalue weighted by molar-refractivity contribution is 0.112. The first-order valence-corrected chi connectivity index (χ1v) is 7.75. The van der Waals surface area contributed by atoms with Crippen LogP contribution in [-0.4, -0.2) is 25.9 Å². The Hall–Kier alpha value is -1.06. The predicted octanol–water partition coefficient (Wildman–Crippen LogP) is 3.94. The third-order valence-electron chi connectivity index (χ3n) is 2.91. The molecular weight excluding hydrogens is 250 g/mol. The zero-order chi connectivity index (χ0) is 14.8. The monoisotopic (exact) mass is 279 g/mol. The molecule has 20 heavy (non-hydrogen) atoms. The first kappa shape index (κ1) is 17.0. The zero-order valence-corrected chi connectivity index (χ0v) is 13.3. The van der Waals surface area contributed by atoms with Crippen molar-refractivity contribution in [1.29, 1.82) is 0 Å². The van der Waals surface area contributed by atoms with Gasteiger partial charge >= 0.3 is 0 Å². The number of benzene rings is 1. The number of nitrogens with one attached hydrogen (secondary N) is 1. The van der Waals surface area contributed by atoms with E-state index in [-0.39, 0.29) is 12.1 Å². The summed E-state index contributed by atoms with van der Waals surface area (Å²) in [4.78, 5) is 0. The molecule has 114 valence electrons. The van der Waals surface area contributed by atoms with Crippen molar-refractivity contribution in [3.8, 4) is 5.75 Å². The topological polar surface area (TPSA) is 30.5 Å². The summed E-state index contributed by atoms with van der Waals surface area (Å²) in [6, 6.07) is 8.54. The van der Waals surface area contributed by atoms with E-state index in [9.17, 15) is 0 Å². The van der Waals surface area contributed by atoms with Crippen molar-refractivity contribution in [3.63, 3.8) is 0 Å². The summed E-state index contributed by atoms with van der Waals surface area (Å²) >= 11 is 0. The van der Waals surface area contributed by atoms with Gasteiger partial charge < -0.3 is 14.8 Å². The summed E-state index contributed by atoms with van der Waals surface area (Å²) in [6.45, 7) is 10.9. The molecule has 0 bridgehead atoms. The van der Waals surface area contributed by atoms with Gasteiger partial charge in [0.05, 0.1) is 18.8 Å². The third kappa shape index (κ3) is 6.40. The van der Waals surface area contributed by atoms with E-state index in [1.165, 1.54) is 5.56 Å². The van der Waals surface area contributed by atoms with Gasteiger partial charge in [0.2, 0.25) is 0 Å². The fourth-order valence-corrected chi connectivity index (χ4v) is 2.01. The Morgan fingerprint density at radius 1 is 1.15 bits per heavy atom. The van der Waals surface area contributed by atoms with E-state index in [2.05, 4.69) is 31.3 Å². The lowest BCUT2D eigenvalue weighted by Crippen LogP contribution is -2.26. The van der Waals surface area contributed by atoms with Gasteiger partial charge in [0.1, 0.15) is 5.75 Å². The molecule has 1 unspecified atom stereocenters. The molecular formula is C17H29NO2. The van der Waals surface area contributed by atoms with Crippen LogP contribution in [0.3, 0.4) is 0 Å². The molecule has 0 heterocycles. The fraction of sp³-hybridized carbons (Fsp3) is 0.647. The molecule has 0 aliphatic heterocycles. The van der Waals surface area contributed by atoms with Crippen LogP contribution in [0.2, 0.25) is 0 Å². The number of ether oxygens (including phenoxy) is 2. The molecule has 0 aliphatic rings. The Balaban J connectivity index is 2.71. The summed E-state index contributed by atoms with van der Waals surface area (Å²) in [5.41, 5.74) is 1.23. The van der Waals surface area contributed by atoms with Crippen LogP contribution in [0.25, 0.3) is 0 Å². The Bertz CT molecular complexity index is 366. The maximum atomic E-state index is 5.77. The van der Waals surface area contributed by atoms with E-state index in [1.807, 2.05) is 26.0 Å². The molecule has 0 spiro atoms. The van der Waals surface area contributed by atoms with Gasteiger partial charge in [-0.2, -0.15) is 0 Å². The van der Waals surface area contributed by atoms with Gasteiger partial charge in [-0.15, -0.1) is 0 Å². The van der Waals surface area contributed by atoms with Crippen LogP contribution in [-0.2, 0) is 4.74 Å². The average Bonchev–Trinajstić information content (AvgIpc) is 2.42. The number of hydrogen-bond acceptors (Lipinski definition) is 3. The maximum absolute atomic E-state index is 5.77. The lowest BCUT2D eigenvalue weighted by atomic mass is 10.1. The molecule has 1 aromatic carbocycles. The SMILES string of the molecule is CCCNC(COCCC)c1cccc(OC(C)C)c1. The van der Waals surface area contributed by atoms with Gasteiger partial charge in [-0.25, -0.2) is 0 Å². The van der Waals surface area contributed by atoms with Crippen LogP contribution >= 0.6 is 0 Å². The minimum Gasteiger partial charge on any atom is -0.491 e. The number of hydrogen-bond donors (Lipinski definition) is 1. The van der Waals surface area contributed by atoms with E-state index in [1.54, 1.807) is 0 Å². The summed E-state index contributed by atoms with van der Waals surface area (Å²) < 4.78 is 11.5. The molecule has 0 aliphatic carbocycles. The second-order valence-corrected chi connectivity index (χ2v) is 5.32. The summed E-state index contributed by atoms with van der Waals surface area (Å²) in [5, 5.41) is 3.54. The van der Waals surface area contributed by atoms with E-state index < -0.39 is 0 Å². The predicted molar refractivity (Wildman–Crippen MR) is 84.4 cm³/mol. The molecule has 0 saturated carbocycles. The molecule has 0 amide bonds. The number of rotatable bonds is 10. The molecule has 1 rings (SSSR count). The van der Waals surface area contributed by atoms with Crippen molar-refractivity contribution >= 4 is 0 Å². The van der Waals surface area contributed by atoms with Crippen molar-refractivity contribution in [2.24, 2.45) is 0 Å². The molecule has 0 aromatic heterocycles. The molecule has 1 atom stereocenters. The minimum atomic E-state index is 0.198. The van der Waals surface area contributed by atoms with Crippen LogP contribution in [0.15, 0.2) is 24.3 Å². The summed E-state index contributed by atoms with van der Waals surface area (Å²) in [6.07, 6.45) is 2.37. The van der Waals surface area contributed by atoms with E-state index >= 15 is 0 Å². The smallest absolute Gasteiger partial charge is 0.120 e. The Morgan fingerprint density at radius 2 is 1.95 bits per heavy atom. The van der Waals surface area contributed by atoms with Crippen molar-refractivity contribution in [1.82, 2.24) is 5.32 Å². The molecule has 3 nitrogen and oxygen atoms in total. The standard InChI is InChI=1S/C17H29NO2/c1-5-10-18-17(13-19-11-6-2)15-8-7-9-16(12-15)20-14(3)4/h7-9,12,14,17-18H,5-6,10-11,13H2,1-4H3. The van der Waals surface area contributed by atoms with Crippen LogP contribution < -0.4 is 10.1 Å². The summed E-state index contributed by atoms with van der Waals surface area (Å²) in [5.74, 6) is 0.927. The van der Waals surface area contributed by atoms with Gasteiger partial charge in [0, 0.05) is 6.61 Å². The van der Waals surface area contributed by atoms with Gasteiger partial charge in [-0.3, -0.25) is 0 Å². The molecule has 0 radical (unpaired) electrons. The molecule has 1 aromatic rings. The Kier molecular flexibility index (Phi) is 8.31. The first-order valence-electron chi connectivity index (χ1n) is 7.75. The largest absolute Gasteiger partial charge is 0.491 e. The Labute approximate surface area is 123 Å². The highest BCUT2D eigenvalue weighted by Gasteiger charge is 2.12. The van der Waals surface area contributed by atoms with Gasteiger partial charge in [-0.1, -0.05) is 26.0 Å². The second kappa shape index (κ2) is 9.78. The third-order valence-corrected chi connectivity index (χ3v) is 2.91. The van der Waals surface area contributed by atoms with E-state index in [0.29, 0.717) is 6.61 Å². The fourth-order valence-electron chi connectivity index (χ4n) is 2.01. The molecule has 3 heteroatoms. The van der Waals surface area contributed by atoms with Gasteiger partial charge in [-0.05, 0) is 50.9 Å². The van der Waals surface area contributed by atoms with Crippen LogP contribution in [0, 0.1) is 0 Å². The zero-order valence-electron chi connectivity index (χ0n) is 13.3. The van der Waals surface area contributed by atoms with Crippen LogP contribution in [0.1, 0.15) is 52.1 Å². The van der Waals surface area contributed by atoms with E-state index in [0.717, 1.165) is 31.7 Å². The van der Waals surface area contributed by atoms with Crippen molar-refractivity contribution in [2.75, 3.05) is 19.8 Å². The van der Waals surface area contributed by atoms with E-state index in [4.69, 9.17) is 9.47 Å². The highest BCUT2D eigenvalue weighted by Crippen LogP contribution is 2.21. The molecule has 1 N–H and O–H groups in total. The minimum absolute atomic E-state index is 0.198. The van der Waals surface area contributed by atoms with Crippen molar-refractivity contribution < 1.29 is 9.47 Å². The van der Waals surface area contributed by atoms with Crippen LogP contribution in [0.4, 0.5) is 0 Å². The van der Waals surface area contributed by atoms with Gasteiger partial charge in [0.25, 0.3) is 0 Å². The molecule has 0 fully saturated rings. The van der Waals surface area contributed by atoms with Gasteiger partial charge in [0.15, 0.2) is 0 Å². The van der Waals surface area contributed by atoms with Crippen molar-refractivity contribution in [3.05, 3.63) is 29.8 Å². The average molecular weight is 279 g/mol. The highest BCUT2D eigenvalue weighted by atomic mass is 16.5. The van der Waals surface area contributed by atoms with Crippen LogP contribution in [0.5, 0.6) is 5.75 Å². The first-order chi connectivity index (χ1) is 9.67. The second-order valence-electron chi connectivity index (χ2n) is 5.32. The Morgan fingerprint density at radius 3 is 2.60 bits per heavy atom. The highest BCUT2D eigenvalue weighted by molar-refractivity contribution is 5.30.